The minimum Gasteiger partial charge on any atom is -0.395 e. The number of hydrogen-bond acceptors (Lipinski definition) is 8. The summed E-state index contributed by atoms with van der Waals surface area (Å²) in [6.07, 6.45) is 0.971. The maximum Gasteiger partial charge on any atom is 0.277 e. The fraction of sp³-hybridized carbons (Fsp3) is 0.158. The Bertz CT molecular complexity index is 1290. The number of nitrogens with one attached hydrogen (secondary N) is 2. The zero-order valence-electron chi connectivity index (χ0n) is 16.3. The third-order valence-corrected chi connectivity index (χ3v) is 7.86. The number of carbonyl (C=O) groups is 2. The Morgan fingerprint density at radius 3 is 2.35 bits per heavy atom. The smallest absolute Gasteiger partial charge is 0.277 e. The van der Waals surface area contributed by atoms with E-state index in [0.717, 1.165) is 17.0 Å². The zero-order chi connectivity index (χ0) is 22.8. The number of carbonyl (C=O) groups excluding carboxylic acids is 2. The molecule has 12 heteroatoms. The van der Waals surface area contributed by atoms with Crippen molar-refractivity contribution in [3.63, 3.8) is 0 Å². The second-order valence-electron chi connectivity index (χ2n) is 6.60. The molecule has 0 aromatic heterocycles. The first kappa shape index (κ1) is 22.6. The molecule has 3 rings (SSSR count). The molecular formula is C19H19N3O7S2. The summed E-state index contributed by atoms with van der Waals surface area (Å²) in [4.78, 5) is 24.3. The van der Waals surface area contributed by atoms with Crippen LogP contribution in [0, 0.1) is 6.92 Å². The first-order chi connectivity index (χ1) is 14.5. The Hall–Kier alpha value is -3.06. The maximum absolute atomic E-state index is 12.9. The van der Waals surface area contributed by atoms with Gasteiger partial charge in [-0.25, -0.2) is 16.8 Å². The van der Waals surface area contributed by atoms with E-state index in [-0.39, 0.29) is 22.8 Å². The van der Waals surface area contributed by atoms with Crippen LogP contribution >= 0.6 is 0 Å². The number of β-amino-alcohol motifs (C(OH)–C–C–N with tert-alkyl or cyclic N) is 1. The highest BCUT2D eigenvalue weighted by Crippen LogP contribution is 2.25. The number of rotatable bonds is 8. The number of benzene rings is 2. The number of para-hydroxylation sites is 1. The summed E-state index contributed by atoms with van der Waals surface area (Å²) in [5.74, 6) is -1.41. The molecule has 1 aliphatic heterocycles. The minimum absolute atomic E-state index is 0.104. The average molecular weight is 466 g/mol. The highest BCUT2D eigenvalue weighted by atomic mass is 32.3. The monoisotopic (exact) mass is 465 g/mol. The van der Waals surface area contributed by atoms with Crippen LogP contribution in [0.15, 0.2) is 70.1 Å². The largest absolute Gasteiger partial charge is 0.395 e. The second kappa shape index (κ2) is 8.59. The highest BCUT2D eigenvalue weighted by molar-refractivity contribution is 8.04. The Morgan fingerprint density at radius 2 is 1.68 bits per heavy atom. The normalized spacial score (nSPS) is 14.6. The molecule has 0 saturated heterocycles. The molecule has 0 atom stereocenters. The van der Waals surface area contributed by atoms with Crippen molar-refractivity contribution in [3.8, 4) is 0 Å². The Morgan fingerprint density at radius 1 is 0.968 bits per heavy atom. The molecule has 0 unspecified atom stereocenters. The van der Waals surface area contributed by atoms with Crippen molar-refractivity contribution >= 4 is 37.5 Å². The van der Waals surface area contributed by atoms with E-state index in [1.54, 1.807) is 17.1 Å². The van der Waals surface area contributed by atoms with Gasteiger partial charge in [0.1, 0.15) is 10.6 Å². The number of nitrogens with zero attached hydrogens (tertiary/aromatic N) is 1. The van der Waals surface area contributed by atoms with Gasteiger partial charge in [-0.2, -0.15) is 0 Å². The molecule has 31 heavy (non-hydrogen) atoms. The van der Waals surface area contributed by atoms with Gasteiger partial charge in [0.05, 0.1) is 23.7 Å². The van der Waals surface area contributed by atoms with E-state index in [9.17, 15) is 26.4 Å². The van der Waals surface area contributed by atoms with E-state index < -0.39 is 43.4 Å². The standard InChI is InChI=1S/C19H19N3O7S2/c1-13-5-4-6-14(11-13)30(26,27)21-31(28,29)17-8-3-2-7-15(17)20-16-12-18(24)22(9-10-23)19(16)25/h2-8,11-12,20-21,23H,9-10H2,1H3. The lowest BCUT2D eigenvalue weighted by Gasteiger charge is -2.15. The van der Waals surface area contributed by atoms with Crippen LogP contribution in [0.4, 0.5) is 5.69 Å². The van der Waals surface area contributed by atoms with Gasteiger partial charge in [-0.3, -0.25) is 14.5 Å². The van der Waals surface area contributed by atoms with E-state index in [4.69, 9.17) is 5.11 Å². The number of sulfonamides is 2. The summed E-state index contributed by atoms with van der Waals surface area (Å²) < 4.78 is 52.6. The molecule has 1 aliphatic rings. The van der Waals surface area contributed by atoms with Crippen molar-refractivity contribution in [2.45, 2.75) is 16.7 Å². The van der Waals surface area contributed by atoms with Crippen molar-refractivity contribution < 1.29 is 31.5 Å². The molecular weight excluding hydrogens is 446 g/mol. The van der Waals surface area contributed by atoms with Crippen LogP contribution in [0.5, 0.6) is 0 Å². The van der Waals surface area contributed by atoms with E-state index in [1.165, 1.54) is 36.4 Å². The molecule has 0 bridgehead atoms. The molecule has 1 heterocycles. The summed E-state index contributed by atoms with van der Waals surface area (Å²) in [5, 5.41) is 11.5. The molecule has 10 nitrogen and oxygen atoms in total. The molecule has 0 aliphatic carbocycles. The Labute approximate surface area is 179 Å². The third kappa shape index (κ3) is 4.82. The molecule has 0 radical (unpaired) electrons. The number of amides is 2. The predicted octanol–water partition coefficient (Wildman–Crippen LogP) is 0.319. The van der Waals surface area contributed by atoms with Gasteiger partial charge in [0, 0.05) is 6.08 Å². The molecule has 164 valence electrons. The van der Waals surface area contributed by atoms with Crippen LogP contribution in [0.3, 0.4) is 0 Å². The van der Waals surface area contributed by atoms with Gasteiger partial charge >= 0.3 is 0 Å². The number of imide groups is 1. The third-order valence-electron chi connectivity index (χ3n) is 4.30. The van der Waals surface area contributed by atoms with Crippen LogP contribution in [0.2, 0.25) is 0 Å². The second-order valence-corrected chi connectivity index (χ2v) is 10.2. The average Bonchev–Trinajstić information content (AvgIpc) is 2.95. The van der Waals surface area contributed by atoms with Gasteiger partial charge < -0.3 is 10.4 Å². The summed E-state index contributed by atoms with van der Waals surface area (Å²) in [5.41, 5.74) is 0.321. The molecule has 3 N–H and O–H groups in total. The first-order valence-corrected chi connectivity index (χ1v) is 11.9. The molecule has 2 aromatic carbocycles. The fourth-order valence-electron chi connectivity index (χ4n) is 2.88. The molecule has 0 fully saturated rings. The van der Waals surface area contributed by atoms with Gasteiger partial charge in [0.15, 0.2) is 0 Å². The minimum atomic E-state index is -4.58. The van der Waals surface area contributed by atoms with Crippen molar-refractivity contribution in [2.75, 3.05) is 18.5 Å². The van der Waals surface area contributed by atoms with Crippen LogP contribution < -0.4 is 9.44 Å². The molecule has 0 spiro atoms. The van der Waals surface area contributed by atoms with E-state index in [2.05, 4.69) is 5.32 Å². The summed E-state index contributed by atoms with van der Waals surface area (Å²) in [6, 6.07) is 11.1. The number of hydrogen-bond donors (Lipinski definition) is 3. The van der Waals surface area contributed by atoms with Gasteiger partial charge in [0.2, 0.25) is 0 Å². The number of aryl methyl sites for hydroxylation is 1. The van der Waals surface area contributed by atoms with Crippen LogP contribution in [-0.2, 0) is 29.6 Å². The van der Waals surface area contributed by atoms with Crippen LogP contribution in [0.25, 0.3) is 0 Å². The molecule has 2 aromatic rings. The molecule has 2 amide bonds. The Balaban J connectivity index is 1.92. The van der Waals surface area contributed by atoms with Gasteiger partial charge in [-0.15, -0.1) is 4.13 Å². The predicted molar refractivity (Wildman–Crippen MR) is 111 cm³/mol. The lowest BCUT2D eigenvalue weighted by molar-refractivity contribution is -0.137. The van der Waals surface area contributed by atoms with Crippen LogP contribution in [-0.4, -0.2) is 51.8 Å². The van der Waals surface area contributed by atoms with Crippen molar-refractivity contribution in [2.24, 2.45) is 0 Å². The zero-order valence-corrected chi connectivity index (χ0v) is 17.9. The Kier molecular flexibility index (Phi) is 6.27. The van der Waals surface area contributed by atoms with E-state index >= 15 is 0 Å². The van der Waals surface area contributed by atoms with Gasteiger partial charge in [0.25, 0.3) is 31.9 Å². The maximum atomic E-state index is 12.9. The SMILES string of the molecule is Cc1cccc(S(=O)(=O)NS(=O)(=O)c2ccccc2NC2=CC(=O)N(CCO)C2=O)c1. The first-order valence-electron chi connectivity index (χ1n) is 8.95. The quantitative estimate of drug-likeness (QED) is 0.472. The fourth-order valence-corrected chi connectivity index (χ4v) is 6.04. The lowest BCUT2D eigenvalue weighted by Crippen LogP contribution is -2.34. The van der Waals surface area contributed by atoms with Crippen molar-refractivity contribution in [1.29, 1.82) is 0 Å². The number of aliphatic hydroxyl groups is 1. The number of aliphatic hydroxyl groups excluding tert-OH is 1. The lowest BCUT2D eigenvalue weighted by atomic mass is 10.2. The van der Waals surface area contributed by atoms with Crippen LogP contribution in [0.1, 0.15) is 5.56 Å². The van der Waals surface area contributed by atoms with Gasteiger partial charge in [-0.05, 0) is 36.8 Å². The topological polar surface area (TPSA) is 150 Å². The van der Waals surface area contributed by atoms with Gasteiger partial charge in [-0.1, -0.05) is 24.3 Å². The summed E-state index contributed by atoms with van der Waals surface area (Å²) >= 11 is 0. The van der Waals surface area contributed by atoms with Crippen molar-refractivity contribution in [1.82, 2.24) is 9.03 Å². The number of anilines is 1. The highest BCUT2D eigenvalue weighted by Gasteiger charge is 2.32. The molecule has 0 saturated carbocycles. The summed E-state index contributed by atoms with van der Waals surface area (Å²) in [6.45, 7) is 1.03. The van der Waals surface area contributed by atoms with E-state index in [0.29, 0.717) is 5.56 Å². The van der Waals surface area contributed by atoms with Crippen molar-refractivity contribution in [3.05, 3.63) is 65.9 Å². The summed E-state index contributed by atoms with van der Waals surface area (Å²) in [7, 11) is -8.99. The van der Waals surface area contributed by atoms with E-state index in [1.807, 2.05) is 0 Å².